The summed E-state index contributed by atoms with van der Waals surface area (Å²) in [4.78, 5) is 25.5. The molecule has 0 bridgehead atoms. The smallest absolute Gasteiger partial charge is 0.409 e. The second-order valence-electron chi connectivity index (χ2n) is 9.82. The molecule has 4 atom stereocenters. The molecule has 4 rings (SSSR count). The fourth-order valence-electron chi connectivity index (χ4n) is 5.55. The molecule has 1 aromatic carbocycles. The van der Waals surface area contributed by atoms with Gasteiger partial charge in [-0.25, -0.2) is 9.59 Å². The molecule has 0 aromatic heterocycles. The molecule has 180 valence electrons. The number of carbonyl (C=O) groups is 2. The van der Waals surface area contributed by atoms with Crippen molar-refractivity contribution in [2.75, 3.05) is 26.9 Å². The van der Waals surface area contributed by atoms with Crippen molar-refractivity contribution in [2.24, 2.45) is 33.4 Å². The lowest BCUT2D eigenvalue weighted by Crippen LogP contribution is -2.61. The summed E-state index contributed by atoms with van der Waals surface area (Å²) in [6, 6.07) is 9.33. The lowest BCUT2D eigenvalue weighted by Gasteiger charge is -2.58. The number of hydrogen-bond donors (Lipinski definition) is 1. The standard InChI is InChI=1S/C24H33N3O6/c1-22(2)17(13-19(22)23(3)32-10-11-33-23)12-18-14-25-27-24(18,20(28)30-4)26-21(29)31-15-16-8-6-5-7-9-16/h5-9,17-19H,10-15H2,1-4H3,(H,26,29)/t17-,18-,19+,24-/m0/s1. The van der Waals surface area contributed by atoms with Crippen LogP contribution in [0.3, 0.4) is 0 Å². The van der Waals surface area contributed by atoms with Crippen LogP contribution >= 0.6 is 0 Å². The summed E-state index contributed by atoms with van der Waals surface area (Å²) in [5.41, 5.74) is -0.817. The minimum absolute atomic E-state index is 0.0721. The SMILES string of the molecule is COC(=O)[C@@]1(NC(=O)OCc2ccccc2)N=NC[C@@H]1C[C@H]1C[C@@H](C2(C)OCCO2)C1(C)C. The van der Waals surface area contributed by atoms with Gasteiger partial charge in [0.1, 0.15) is 6.61 Å². The molecule has 33 heavy (non-hydrogen) atoms. The average Bonchev–Trinajstić information content (AvgIpc) is 3.42. The van der Waals surface area contributed by atoms with Gasteiger partial charge in [0.2, 0.25) is 0 Å². The number of methoxy groups -OCH3 is 1. The van der Waals surface area contributed by atoms with Crippen molar-refractivity contribution in [1.29, 1.82) is 0 Å². The Morgan fingerprint density at radius 3 is 2.45 bits per heavy atom. The Balaban J connectivity index is 1.43. The third kappa shape index (κ3) is 4.36. The van der Waals surface area contributed by atoms with Gasteiger partial charge in [-0.15, -0.1) is 0 Å². The number of nitrogens with one attached hydrogen (secondary N) is 1. The van der Waals surface area contributed by atoms with Crippen LogP contribution in [-0.4, -0.2) is 50.4 Å². The number of benzene rings is 1. The van der Waals surface area contributed by atoms with E-state index in [2.05, 4.69) is 29.4 Å². The monoisotopic (exact) mass is 459 g/mol. The maximum absolute atomic E-state index is 12.8. The molecule has 3 aliphatic rings. The number of ether oxygens (including phenoxy) is 4. The first-order valence-corrected chi connectivity index (χ1v) is 11.4. The van der Waals surface area contributed by atoms with Gasteiger partial charge >= 0.3 is 12.1 Å². The van der Waals surface area contributed by atoms with Crippen LogP contribution in [0.15, 0.2) is 40.6 Å². The molecular weight excluding hydrogens is 426 g/mol. The van der Waals surface area contributed by atoms with E-state index in [4.69, 9.17) is 18.9 Å². The van der Waals surface area contributed by atoms with Crippen LogP contribution in [0.25, 0.3) is 0 Å². The summed E-state index contributed by atoms with van der Waals surface area (Å²) in [6.07, 6.45) is 0.817. The first-order chi connectivity index (χ1) is 15.7. The van der Waals surface area contributed by atoms with Crippen LogP contribution in [-0.2, 0) is 30.3 Å². The quantitative estimate of drug-likeness (QED) is 0.623. The number of alkyl carbamates (subject to hydrolysis) is 1. The lowest BCUT2D eigenvalue weighted by molar-refractivity contribution is -0.255. The average molecular weight is 460 g/mol. The van der Waals surface area contributed by atoms with Crippen LogP contribution in [0.1, 0.15) is 39.2 Å². The van der Waals surface area contributed by atoms with E-state index in [1.807, 2.05) is 37.3 Å². The molecule has 1 saturated heterocycles. The van der Waals surface area contributed by atoms with E-state index in [0.29, 0.717) is 26.2 Å². The second kappa shape index (κ2) is 9.02. The van der Waals surface area contributed by atoms with E-state index in [-0.39, 0.29) is 29.8 Å². The minimum Gasteiger partial charge on any atom is -0.466 e. The second-order valence-corrected chi connectivity index (χ2v) is 9.82. The molecule has 2 aliphatic heterocycles. The molecule has 2 fully saturated rings. The van der Waals surface area contributed by atoms with Gasteiger partial charge in [-0.1, -0.05) is 44.2 Å². The maximum atomic E-state index is 12.8. The van der Waals surface area contributed by atoms with Crippen molar-refractivity contribution >= 4 is 12.1 Å². The zero-order chi connectivity index (χ0) is 23.7. The molecule has 1 saturated carbocycles. The van der Waals surface area contributed by atoms with Crippen molar-refractivity contribution in [2.45, 2.75) is 51.7 Å². The van der Waals surface area contributed by atoms with Gasteiger partial charge in [0, 0.05) is 11.8 Å². The van der Waals surface area contributed by atoms with Gasteiger partial charge in [-0.05, 0) is 36.7 Å². The number of carbonyl (C=O) groups excluding carboxylic acids is 2. The van der Waals surface area contributed by atoms with E-state index in [1.54, 1.807) is 0 Å². The van der Waals surface area contributed by atoms with Gasteiger partial charge in [0.25, 0.3) is 5.66 Å². The van der Waals surface area contributed by atoms with Crippen LogP contribution in [0.4, 0.5) is 4.79 Å². The molecule has 1 amide bonds. The van der Waals surface area contributed by atoms with Crippen LogP contribution in [0.2, 0.25) is 0 Å². The van der Waals surface area contributed by atoms with Gasteiger partial charge in [0.15, 0.2) is 5.79 Å². The van der Waals surface area contributed by atoms with E-state index in [9.17, 15) is 9.59 Å². The molecule has 0 radical (unpaired) electrons. The summed E-state index contributed by atoms with van der Waals surface area (Å²) in [6.45, 7) is 8.03. The highest BCUT2D eigenvalue weighted by atomic mass is 16.7. The third-order valence-electron chi connectivity index (χ3n) is 7.66. The van der Waals surface area contributed by atoms with Crippen molar-refractivity contribution in [3.63, 3.8) is 0 Å². The Morgan fingerprint density at radius 2 is 1.82 bits per heavy atom. The molecule has 1 aromatic rings. The number of rotatable bonds is 7. The summed E-state index contributed by atoms with van der Waals surface area (Å²) in [5, 5.41) is 11.0. The van der Waals surface area contributed by atoms with Gasteiger partial charge in [-0.3, -0.25) is 5.32 Å². The molecule has 2 heterocycles. The molecule has 1 aliphatic carbocycles. The van der Waals surface area contributed by atoms with E-state index in [1.165, 1.54) is 7.11 Å². The summed E-state index contributed by atoms with van der Waals surface area (Å²) < 4.78 is 22.2. The summed E-state index contributed by atoms with van der Waals surface area (Å²) in [7, 11) is 1.28. The molecule has 1 N–H and O–H groups in total. The minimum atomic E-state index is -1.59. The fourth-order valence-corrected chi connectivity index (χ4v) is 5.55. The number of nitrogens with zero attached hydrogens (tertiary/aromatic N) is 2. The summed E-state index contributed by atoms with van der Waals surface area (Å²) in [5.74, 6) is -1.04. The number of esters is 1. The first kappa shape index (κ1) is 23.6. The Kier molecular flexibility index (Phi) is 6.46. The van der Waals surface area contributed by atoms with Crippen molar-refractivity contribution in [3.8, 4) is 0 Å². The molecular formula is C24H33N3O6. The van der Waals surface area contributed by atoms with E-state index >= 15 is 0 Å². The first-order valence-electron chi connectivity index (χ1n) is 11.4. The van der Waals surface area contributed by atoms with Gasteiger partial charge in [0.05, 0.1) is 26.9 Å². The predicted octanol–water partition coefficient (Wildman–Crippen LogP) is 3.68. The topological polar surface area (TPSA) is 108 Å². The Morgan fingerprint density at radius 1 is 1.12 bits per heavy atom. The van der Waals surface area contributed by atoms with E-state index in [0.717, 1.165) is 12.0 Å². The highest BCUT2D eigenvalue weighted by Gasteiger charge is 2.61. The van der Waals surface area contributed by atoms with Crippen molar-refractivity contribution in [3.05, 3.63) is 35.9 Å². The highest BCUT2D eigenvalue weighted by Crippen LogP contribution is 2.60. The van der Waals surface area contributed by atoms with Crippen LogP contribution in [0, 0.1) is 23.2 Å². The molecule has 0 unspecified atom stereocenters. The molecule has 9 heteroatoms. The normalized spacial score (nSPS) is 31.6. The zero-order valence-corrected chi connectivity index (χ0v) is 19.7. The van der Waals surface area contributed by atoms with Crippen LogP contribution in [0.5, 0.6) is 0 Å². The Labute approximate surface area is 194 Å². The number of hydrogen-bond acceptors (Lipinski definition) is 8. The van der Waals surface area contributed by atoms with Gasteiger partial charge < -0.3 is 18.9 Å². The fraction of sp³-hybridized carbons (Fsp3) is 0.667. The maximum Gasteiger partial charge on any atom is 0.409 e. The highest BCUT2D eigenvalue weighted by molar-refractivity contribution is 5.86. The Bertz CT molecular complexity index is 899. The zero-order valence-electron chi connectivity index (χ0n) is 19.7. The number of amides is 1. The third-order valence-corrected chi connectivity index (χ3v) is 7.66. The van der Waals surface area contributed by atoms with Crippen molar-refractivity contribution in [1.82, 2.24) is 5.32 Å². The predicted molar refractivity (Wildman–Crippen MR) is 118 cm³/mol. The number of azo groups is 1. The Hall–Kier alpha value is -2.52. The van der Waals surface area contributed by atoms with Crippen LogP contribution < -0.4 is 5.32 Å². The molecule has 9 nitrogen and oxygen atoms in total. The lowest BCUT2D eigenvalue weighted by atomic mass is 9.50. The largest absolute Gasteiger partial charge is 0.466 e. The van der Waals surface area contributed by atoms with Gasteiger partial charge in [-0.2, -0.15) is 10.2 Å². The summed E-state index contributed by atoms with van der Waals surface area (Å²) >= 11 is 0. The van der Waals surface area contributed by atoms with E-state index < -0.39 is 23.5 Å². The van der Waals surface area contributed by atoms with Crippen molar-refractivity contribution < 1.29 is 28.5 Å². The molecule has 0 spiro atoms.